The molecule has 262 valence electrons. The molecule has 1 N–H and O–H groups in total. The number of nitrogens with zero attached hydrogens (tertiary/aromatic N) is 1. The fraction of sp³-hybridized carbons (Fsp3) is 0.220. The van der Waals surface area contributed by atoms with Crippen molar-refractivity contribution in [1.82, 2.24) is 3.97 Å². The monoisotopic (exact) mass is 707 g/mol. The summed E-state index contributed by atoms with van der Waals surface area (Å²) in [5, 5.41) is 12.7. The van der Waals surface area contributed by atoms with Gasteiger partial charge in [0.15, 0.2) is 0 Å². The molecule has 10 heteroatoms. The van der Waals surface area contributed by atoms with Gasteiger partial charge in [-0.1, -0.05) is 115 Å². The SMILES string of the molecule is Cc1ccc(S(=O)(=O)n2cc(C3(O)OC[C@@H](OCc4ccccc4)[C@H](OCc4ccccc4)[C@H]3OCc3ccccc3)c3c(F)cccc32)cc1. The summed E-state index contributed by atoms with van der Waals surface area (Å²) in [5.74, 6) is -3.11. The summed E-state index contributed by atoms with van der Waals surface area (Å²) in [7, 11) is -4.24. The van der Waals surface area contributed by atoms with E-state index >= 15 is 4.39 Å². The number of benzene rings is 5. The Morgan fingerprint density at radius 3 is 1.88 bits per heavy atom. The van der Waals surface area contributed by atoms with E-state index in [-0.39, 0.29) is 47.8 Å². The number of aliphatic hydroxyl groups is 1. The molecular formula is C41H38FNO7S. The van der Waals surface area contributed by atoms with E-state index in [1.54, 1.807) is 12.1 Å². The highest BCUT2D eigenvalue weighted by Crippen LogP contribution is 2.43. The first-order chi connectivity index (χ1) is 24.7. The van der Waals surface area contributed by atoms with Crippen molar-refractivity contribution < 1.29 is 36.9 Å². The number of hydrogen-bond acceptors (Lipinski definition) is 7. The van der Waals surface area contributed by atoms with Gasteiger partial charge in [-0.05, 0) is 47.9 Å². The Kier molecular flexibility index (Phi) is 10.1. The Labute approximate surface area is 296 Å². The smallest absolute Gasteiger partial charge is 0.268 e. The van der Waals surface area contributed by atoms with E-state index in [4.69, 9.17) is 18.9 Å². The highest BCUT2D eigenvalue weighted by atomic mass is 32.2. The lowest BCUT2D eigenvalue weighted by molar-refractivity contribution is -0.351. The Balaban J connectivity index is 1.34. The second kappa shape index (κ2) is 14.9. The Hall–Kier alpha value is -4.68. The Bertz CT molecular complexity index is 2180. The van der Waals surface area contributed by atoms with Gasteiger partial charge in [-0.2, -0.15) is 0 Å². The maximum Gasteiger partial charge on any atom is 0.268 e. The predicted octanol–water partition coefficient (Wildman–Crippen LogP) is 7.26. The number of aryl methyl sites for hydroxylation is 1. The second-order valence-corrected chi connectivity index (χ2v) is 14.4. The van der Waals surface area contributed by atoms with Crippen molar-refractivity contribution in [2.75, 3.05) is 6.61 Å². The summed E-state index contributed by atoms with van der Waals surface area (Å²) >= 11 is 0. The number of halogens is 1. The molecule has 1 saturated heterocycles. The molecule has 1 aromatic heterocycles. The van der Waals surface area contributed by atoms with Gasteiger partial charge >= 0.3 is 0 Å². The van der Waals surface area contributed by atoms with Crippen molar-refractivity contribution in [3.63, 3.8) is 0 Å². The third-order valence-electron chi connectivity index (χ3n) is 9.09. The van der Waals surface area contributed by atoms with Crippen LogP contribution >= 0.6 is 0 Å². The molecular weight excluding hydrogens is 670 g/mol. The highest BCUT2D eigenvalue weighted by Gasteiger charge is 2.55. The van der Waals surface area contributed by atoms with Crippen molar-refractivity contribution in [2.45, 2.75) is 55.7 Å². The third kappa shape index (κ3) is 7.25. The minimum atomic E-state index is -4.24. The van der Waals surface area contributed by atoms with Crippen LogP contribution < -0.4 is 0 Å². The van der Waals surface area contributed by atoms with Crippen LogP contribution in [0.15, 0.2) is 145 Å². The number of aromatic nitrogens is 1. The van der Waals surface area contributed by atoms with Crippen molar-refractivity contribution in [1.29, 1.82) is 0 Å². The van der Waals surface area contributed by atoms with Crippen LogP contribution in [0.4, 0.5) is 4.39 Å². The summed E-state index contributed by atoms with van der Waals surface area (Å²) in [6.45, 7) is 2.10. The average Bonchev–Trinajstić information content (AvgIpc) is 3.57. The number of fused-ring (bicyclic) bond motifs is 1. The zero-order chi connectivity index (χ0) is 35.4. The van der Waals surface area contributed by atoms with E-state index in [0.29, 0.717) is 0 Å². The predicted molar refractivity (Wildman–Crippen MR) is 191 cm³/mol. The van der Waals surface area contributed by atoms with Crippen molar-refractivity contribution in [3.8, 4) is 0 Å². The molecule has 0 spiro atoms. The fourth-order valence-electron chi connectivity index (χ4n) is 6.39. The van der Waals surface area contributed by atoms with E-state index < -0.39 is 39.9 Å². The number of hydrogen-bond donors (Lipinski definition) is 1. The molecule has 2 heterocycles. The molecule has 0 radical (unpaired) electrons. The normalized spacial score (nSPS) is 20.8. The van der Waals surface area contributed by atoms with Crippen LogP contribution in [0.1, 0.15) is 27.8 Å². The first-order valence-electron chi connectivity index (χ1n) is 16.7. The van der Waals surface area contributed by atoms with Crippen molar-refractivity contribution in [2.24, 2.45) is 0 Å². The van der Waals surface area contributed by atoms with Crippen molar-refractivity contribution >= 4 is 20.9 Å². The topological polar surface area (TPSA) is 96.2 Å². The lowest BCUT2D eigenvalue weighted by atomic mass is 9.90. The Morgan fingerprint density at radius 2 is 1.29 bits per heavy atom. The molecule has 5 aromatic carbocycles. The summed E-state index contributed by atoms with van der Waals surface area (Å²) in [4.78, 5) is 0.00712. The van der Waals surface area contributed by atoms with Gasteiger partial charge in [0, 0.05) is 17.1 Å². The van der Waals surface area contributed by atoms with Crippen molar-refractivity contribution in [3.05, 3.63) is 173 Å². The van der Waals surface area contributed by atoms with Gasteiger partial charge < -0.3 is 24.1 Å². The first kappa shape index (κ1) is 34.8. The second-order valence-electron chi connectivity index (χ2n) is 12.6. The maximum atomic E-state index is 16.0. The third-order valence-corrected chi connectivity index (χ3v) is 10.8. The molecule has 6 aromatic rings. The van der Waals surface area contributed by atoms with E-state index in [0.717, 1.165) is 26.2 Å². The Morgan fingerprint density at radius 1 is 0.745 bits per heavy atom. The zero-order valence-corrected chi connectivity index (χ0v) is 28.8. The first-order valence-corrected chi connectivity index (χ1v) is 18.1. The molecule has 1 fully saturated rings. The molecule has 4 atom stereocenters. The van der Waals surface area contributed by atoms with Gasteiger partial charge in [0.25, 0.3) is 10.0 Å². The molecule has 1 aliphatic heterocycles. The molecule has 0 aliphatic carbocycles. The fourth-order valence-corrected chi connectivity index (χ4v) is 7.76. The van der Waals surface area contributed by atoms with Crippen LogP contribution in [0.3, 0.4) is 0 Å². The minimum Gasteiger partial charge on any atom is -0.368 e. The van der Waals surface area contributed by atoms with E-state index in [1.165, 1.54) is 36.5 Å². The summed E-state index contributed by atoms with van der Waals surface area (Å²) in [5.41, 5.74) is 3.42. The molecule has 1 aliphatic rings. The minimum absolute atomic E-state index is 0.00712. The lowest BCUT2D eigenvalue weighted by Crippen LogP contribution is -2.61. The van der Waals surface area contributed by atoms with Crippen LogP contribution in [0, 0.1) is 12.7 Å². The summed E-state index contributed by atoms with van der Waals surface area (Å²) < 4.78 is 71.0. The molecule has 7 rings (SSSR count). The van der Waals surface area contributed by atoms with Crippen LogP contribution in [-0.4, -0.2) is 42.4 Å². The molecule has 0 bridgehead atoms. The number of rotatable bonds is 12. The summed E-state index contributed by atoms with van der Waals surface area (Å²) in [6.07, 6.45) is -1.77. The van der Waals surface area contributed by atoms with Gasteiger partial charge in [-0.15, -0.1) is 0 Å². The van der Waals surface area contributed by atoms with Gasteiger partial charge in [0.2, 0.25) is 5.79 Å². The zero-order valence-electron chi connectivity index (χ0n) is 28.0. The highest BCUT2D eigenvalue weighted by molar-refractivity contribution is 7.90. The lowest BCUT2D eigenvalue weighted by Gasteiger charge is -2.46. The van der Waals surface area contributed by atoms with E-state index in [1.807, 2.05) is 97.9 Å². The van der Waals surface area contributed by atoms with Gasteiger partial charge in [-0.25, -0.2) is 16.8 Å². The summed E-state index contributed by atoms with van der Waals surface area (Å²) in [6, 6.07) is 39.1. The van der Waals surface area contributed by atoms with Crippen LogP contribution in [-0.2, 0) is 54.6 Å². The van der Waals surface area contributed by atoms with Gasteiger partial charge in [0.05, 0.1) is 36.8 Å². The van der Waals surface area contributed by atoms with Gasteiger partial charge in [-0.3, -0.25) is 0 Å². The quantitative estimate of drug-likeness (QED) is 0.143. The molecule has 0 amide bonds. The molecule has 0 saturated carbocycles. The standard InChI is InChI=1S/C41H38FNO7S/c1-29-20-22-33(23-21-29)51(45,46)43-24-34(38-35(42)18-11-19-36(38)43)41(44)40(49-27-32-16-9-4-10-17-32)39(48-26-31-14-7-3-8-15-31)37(28-50-41)47-25-30-12-5-2-6-13-30/h2-24,37,39-40,44H,25-28H2,1H3/t37-,39+,40-,41?/m1/s1. The largest absolute Gasteiger partial charge is 0.368 e. The maximum absolute atomic E-state index is 16.0. The number of ether oxygens (including phenoxy) is 4. The molecule has 51 heavy (non-hydrogen) atoms. The average molecular weight is 708 g/mol. The van der Waals surface area contributed by atoms with E-state index in [9.17, 15) is 13.5 Å². The molecule has 1 unspecified atom stereocenters. The molecule has 8 nitrogen and oxygen atoms in total. The van der Waals surface area contributed by atoms with Gasteiger partial charge in [0.1, 0.15) is 24.1 Å². The van der Waals surface area contributed by atoms with Crippen LogP contribution in [0.5, 0.6) is 0 Å². The van der Waals surface area contributed by atoms with E-state index in [2.05, 4.69) is 0 Å². The van der Waals surface area contributed by atoms with Crippen LogP contribution in [0.2, 0.25) is 0 Å². The van der Waals surface area contributed by atoms with Crippen LogP contribution in [0.25, 0.3) is 10.9 Å².